The van der Waals surface area contributed by atoms with E-state index in [0.717, 1.165) is 27.9 Å². The minimum Gasteiger partial charge on any atom is -0.216 e. The van der Waals surface area contributed by atoms with Gasteiger partial charge >= 0.3 is 0 Å². The molecule has 0 saturated carbocycles. The lowest BCUT2D eigenvalue weighted by Gasteiger charge is -2.06. The van der Waals surface area contributed by atoms with Crippen molar-refractivity contribution in [3.05, 3.63) is 71.7 Å². The van der Waals surface area contributed by atoms with E-state index in [4.69, 9.17) is 4.98 Å². The Morgan fingerprint density at radius 2 is 1.67 bits per heavy atom. The van der Waals surface area contributed by atoms with Crippen LogP contribution in [0.1, 0.15) is 16.7 Å². The van der Waals surface area contributed by atoms with Crippen LogP contribution in [0.25, 0.3) is 33.8 Å². The summed E-state index contributed by atoms with van der Waals surface area (Å²) < 4.78 is 3.56. The monoisotopic (exact) mass is 354 g/mol. The first-order chi connectivity index (χ1) is 13.1. The normalized spacial score (nSPS) is 11.5. The Kier molecular flexibility index (Phi) is 3.33. The van der Waals surface area contributed by atoms with Crippen LogP contribution in [0, 0.1) is 20.8 Å². The summed E-state index contributed by atoms with van der Waals surface area (Å²) in [7, 11) is 0. The van der Waals surface area contributed by atoms with Gasteiger partial charge in [-0.15, -0.1) is 5.10 Å². The fourth-order valence-corrected chi connectivity index (χ4v) is 3.19. The average molecular weight is 354 g/mol. The van der Waals surface area contributed by atoms with Crippen LogP contribution in [0.2, 0.25) is 0 Å². The Morgan fingerprint density at radius 3 is 2.44 bits per heavy atom. The number of benzene rings is 2. The van der Waals surface area contributed by atoms with Crippen molar-refractivity contribution >= 4 is 16.7 Å². The molecule has 0 aliphatic carbocycles. The van der Waals surface area contributed by atoms with Crippen LogP contribution in [0.3, 0.4) is 0 Å². The summed E-state index contributed by atoms with van der Waals surface area (Å²) in [5, 5.41) is 10.0. The van der Waals surface area contributed by atoms with Gasteiger partial charge in [-0.25, -0.2) is 19.2 Å². The Labute approximate surface area is 156 Å². The highest BCUT2D eigenvalue weighted by atomic mass is 15.3. The van der Waals surface area contributed by atoms with E-state index < -0.39 is 0 Å². The summed E-state index contributed by atoms with van der Waals surface area (Å²) in [5.74, 6) is 0.684. The summed E-state index contributed by atoms with van der Waals surface area (Å²) in [6.45, 7) is 6.27. The van der Waals surface area contributed by atoms with Gasteiger partial charge in [-0.05, 0) is 44.0 Å². The van der Waals surface area contributed by atoms with Crippen molar-refractivity contribution in [3.8, 4) is 17.1 Å². The fraction of sp³-hybridized carbons (Fsp3) is 0.143. The molecule has 0 radical (unpaired) electrons. The topological polar surface area (TPSA) is 60.9 Å². The van der Waals surface area contributed by atoms with Crippen LogP contribution in [0.4, 0.5) is 0 Å². The maximum atomic E-state index is 4.74. The van der Waals surface area contributed by atoms with Crippen LogP contribution in [0.5, 0.6) is 0 Å². The molecule has 6 heteroatoms. The number of aromatic nitrogens is 6. The molecule has 0 aliphatic heterocycles. The molecule has 3 aromatic heterocycles. The zero-order valence-electron chi connectivity index (χ0n) is 15.4. The largest absolute Gasteiger partial charge is 0.216 e. The third-order valence-electron chi connectivity index (χ3n) is 4.95. The lowest BCUT2D eigenvalue weighted by atomic mass is 10.1. The first kappa shape index (κ1) is 15.7. The Morgan fingerprint density at radius 1 is 0.852 bits per heavy atom. The number of nitrogens with zero attached hydrogens (tertiary/aromatic N) is 6. The second kappa shape index (κ2) is 5.74. The predicted octanol–water partition coefficient (Wildman–Crippen LogP) is 4.06. The molecule has 0 amide bonds. The molecule has 0 atom stereocenters. The minimum absolute atomic E-state index is 0.684. The standard InChI is InChI=1S/C21H18N6/c1-13-4-7-16(8-5-13)19-24-21-18-11-23-27(20(18)22-12-26(21)25-19)17-9-6-14(2)15(3)10-17/h4-12H,1-3H3. The van der Waals surface area contributed by atoms with E-state index in [1.54, 1.807) is 17.0 Å². The third kappa shape index (κ3) is 2.49. The molecule has 0 N–H and O–H groups in total. The first-order valence-electron chi connectivity index (χ1n) is 8.84. The molecule has 5 rings (SSSR count). The third-order valence-corrected chi connectivity index (χ3v) is 4.95. The van der Waals surface area contributed by atoms with Gasteiger partial charge in [-0.2, -0.15) is 5.10 Å². The van der Waals surface area contributed by atoms with E-state index >= 15 is 0 Å². The van der Waals surface area contributed by atoms with Crippen LogP contribution >= 0.6 is 0 Å². The van der Waals surface area contributed by atoms with Gasteiger partial charge < -0.3 is 0 Å². The van der Waals surface area contributed by atoms with Crippen molar-refractivity contribution in [2.24, 2.45) is 0 Å². The highest BCUT2D eigenvalue weighted by molar-refractivity contribution is 5.90. The first-order valence-corrected chi connectivity index (χ1v) is 8.84. The second-order valence-electron chi connectivity index (χ2n) is 6.88. The summed E-state index contributed by atoms with van der Waals surface area (Å²) >= 11 is 0. The van der Waals surface area contributed by atoms with E-state index in [1.165, 1.54) is 16.7 Å². The zero-order valence-corrected chi connectivity index (χ0v) is 15.4. The molecule has 0 bridgehead atoms. The summed E-state index contributed by atoms with van der Waals surface area (Å²) in [6.07, 6.45) is 3.50. The molecule has 2 aromatic carbocycles. The number of fused-ring (bicyclic) bond motifs is 3. The molecule has 3 heterocycles. The van der Waals surface area contributed by atoms with Crippen LogP contribution in [0.15, 0.2) is 55.0 Å². The molecule has 0 unspecified atom stereocenters. The van der Waals surface area contributed by atoms with E-state index in [9.17, 15) is 0 Å². The van der Waals surface area contributed by atoms with Crippen LogP contribution in [-0.2, 0) is 0 Å². The Balaban J connectivity index is 1.68. The lowest BCUT2D eigenvalue weighted by molar-refractivity contribution is 0.881. The van der Waals surface area contributed by atoms with Crippen molar-refractivity contribution in [1.82, 2.24) is 29.4 Å². The van der Waals surface area contributed by atoms with Crippen molar-refractivity contribution < 1.29 is 0 Å². The molecule has 0 saturated heterocycles. The number of hydrogen-bond acceptors (Lipinski definition) is 4. The average Bonchev–Trinajstić information content (AvgIpc) is 3.28. The highest BCUT2D eigenvalue weighted by Gasteiger charge is 2.14. The number of aryl methyl sites for hydroxylation is 3. The van der Waals surface area contributed by atoms with Crippen LogP contribution < -0.4 is 0 Å². The molecule has 6 nitrogen and oxygen atoms in total. The lowest BCUT2D eigenvalue weighted by Crippen LogP contribution is -1.99. The van der Waals surface area contributed by atoms with Gasteiger partial charge in [0.15, 0.2) is 17.1 Å². The van der Waals surface area contributed by atoms with Crippen molar-refractivity contribution in [1.29, 1.82) is 0 Å². The SMILES string of the molecule is Cc1ccc(-c2nc3c4cnn(-c5ccc(C)c(C)c5)c4ncn3n2)cc1. The van der Waals surface area contributed by atoms with E-state index in [2.05, 4.69) is 66.3 Å². The molecule has 0 fully saturated rings. The Hall–Kier alpha value is -3.54. The van der Waals surface area contributed by atoms with Crippen molar-refractivity contribution in [3.63, 3.8) is 0 Å². The summed E-state index contributed by atoms with van der Waals surface area (Å²) in [6, 6.07) is 14.5. The quantitative estimate of drug-likeness (QED) is 0.480. The Bertz CT molecular complexity index is 1290. The van der Waals surface area contributed by atoms with E-state index in [1.807, 2.05) is 16.8 Å². The molecule has 0 aliphatic rings. The zero-order chi connectivity index (χ0) is 18.5. The number of hydrogen-bond donors (Lipinski definition) is 0. The molecule has 0 spiro atoms. The molecular formula is C21H18N6. The predicted molar refractivity (Wildman–Crippen MR) is 105 cm³/mol. The number of rotatable bonds is 2. The molecule has 132 valence electrons. The molecule has 5 aromatic rings. The van der Waals surface area contributed by atoms with Crippen LogP contribution in [-0.4, -0.2) is 29.4 Å². The van der Waals surface area contributed by atoms with E-state index in [-0.39, 0.29) is 0 Å². The van der Waals surface area contributed by atoms with Gasteiger partial charge in [0.25, 0.3) is 0 Å². The van der Waals surface area contributed by atoms with Crippen molar-refractivity contribution in [2.45, 2.75) is 20.8 Å². The van der Waals surface area contributed by atoms with Gasteiger partial charge in [0.2, 0.25) is 0 Å². The summed E-state index contributed by atoms with van der Waals surface area (Å²) in [5.41, 5.74) is 7.19. The smallest absolute Gasteiger partial charge is 0.182 e. The molecule has 27 heavy (non-hydrogen) atoms. The maximum absolute atomic E-state index is 4.74. The second-order valence-corrected chi connectivity index (χ2v) is 6.88. The maximum Gasteiger partial charge on any atom is 0.182 e. The van der Waals surface area contributed by atoms with Gasteiger partial charge in [0.1, 0.15) is 6.33 Å². The van der Waals surface area contributed by atoms with Gasteiger partial charge in [-0.1, -0.05) is 35.9 Å². The van der Waals surface area contributed by atoms with Gasteiger partial charge in [0, 0.05) is 5.56 Å². The molecular weight excluding hydrogens is 336 g/mol. The minimum atomic E-state index is 0.684. The van der Waals surface area contributed by atoms with E-state index in [0.29, 0.717) is 5.82 Å². The van der Waals surface area contributed by atoms with Gasteiger partial charge in [-0.3, -0.25) is 0 Å². The van der Waals surface area contributed by atoms with Gasteiger partial charge in [0.05, 0.1) is 17.3 Å². The highest BCUT2D eigenvalue weighted by Crippen LogP contribution is 2.23. The fourth-order valence-electron chi connectivity index (χ4n) is 3.19. The summed E-state index contributed by atoms with van der Waals surface area (Å²) in [4.78, 5) is 9.32. The van der Waals surface area contributed by atoms with Crippen molar-refractivity contribution in [2.75, 3.05) is 0 Å².